The maximum Gasteiger partial charge on any atom is 0.248 e. The van der Waals surface area contributed by atoms with Crippen LogP contribution in [-0.4, -0.2) is 29.6 Å². The van der Waals surface area contributed by atoms with Crippen molar-refractivity contribution in [3.05, 3.63) is 35.9 Å². The SMILES string of the molecule is O=C(NCC(O)Cc1ccccc1)C1CCC(F)(F)CC1. The zero-order chi connectivity index (χ0) is 15.3. The van der Waals surface area contributed by atoms with Crippen LogP contribution in [0.1, 0.15) is 31.2 Å². The van der Waals surface area contributed by atoms with Gasteiger partial charge in [0.2, 0.25) is 11.8 Å². The Morgan fingerprint density at radius 3 is 2.52 bits per heavy atom. The number of rotatable bonds is 5. The highest BCUT2D eigenvalue weighted by molar-refractivity contribution is 5.78. The molecule has 1 aliphatic rings. The molecule has 3 nitrogen and oxygen atoms in total. The van der Waals surface area contributed by atoms with Crippen molar-refractivity contribution in [2.75, 3.05) is 6.54 Å². The number of alkyl halides is 2. The predicted molar refractivity (Wildman–Crippen MR) is 76.1 cm³/mol. The lowest BCUT2D eigenvalue weighted by atomic mass is 9.86. The van der Waals surface area contributed by atoms with Gasteiger partial charge in [0.25, 0.3) is 0 Å². The first-order valence-electron chi connectivity index (χ1n) is 7.34. The second-order valence-corrected chi connectivity index (χ2v) is 5.72. The van der Waals surface area contributed by atoms with Gasteiger partial charge in [0.05, 0.1) is 6.10 Å². The summed E-state index contributed by atoms with van der Waals surface area (Å²) in [6.07, 6.45) is -0.221. The van der Waals surface area contributed by atoms with E-state index in [-0.39, 0.29) is 44.1 Å². The quantitative estimate of drug-likeness (QED) is 0.877. The summed E-state index contributed by atoms with van der Waals surface area (Å²) in [5, 5.41) is 12.6. The Kier molecular flexibility index (Phi) is 5.28. The molecule has 1 amide bonds. The molecule has 0 aliphatic heterocycles. The molecule has 0 heterocycles. The number of nitrogens with one attached hydrogen (secondary N) is 1. The molecule has 0 spiro atoms. The Morgan fingerprint density at radius 2 is 1.90 bits per heavy atom. The van der Waals surface area contributed by atoms with Crippen LogP contribution in [0.25, 0.3) is 0 Å². The minimum absolute atomic E-state index is 0.153. The van der Waals surface area contributed by atoms with Crippen LogP contribution in [0.15, 0.2) is 30.3 Å². The molecule has 5 heteroatoms. The molecule has 1 aliphatic carbocycles. The van der Waals surface area contributed by atoms with E-state index in [0.717, 1.165) is 5.56 Å². The molecule has 1 saturated carbocycles. The van der Waals surface area contributed by atoms with E-state index in [1.54, 1.807) is 0 Å². The third-order valence-electron chi connectivity index (χ3n) is 3.91. The Hall–Kier alpha value is -1.49. The van der Waals surface area contributed by atoms with Gasteiger partial charge in [-0.05, 0) is 18.4 Å². The fraction of sp³-hybridized carbons (Fsp3) is 0.562. The lowest BCUT2D eigenvalue weighted by Crippen LogP contribution is -2.39. The molecular weight excluding hydrogens is 276 g/mol. The topological polar surface area (TPSA) is 49.3 Å². The van der Waals surface area contributed by atoms with Crippen molar-refractivity contribution in [3.8, 4) is 0 Å². The van der Waals surface area contributed by atoms with Crippen molar-refractivity contribution in [2.45, 2.75) is 44.1 Å². The van der Waals surface area contributed by atoms with Crippen molar-refractivity contribution in [1.82, 2.24) is 5.32 Å². The van der Waals surface area contributed by atoms with Gasteiger partial charge in [0, 0.05) is 31.7 Å². The van der Waals surface area contributed by atoms with E-state index in [4.69, 9.17) is 0 Å². The van der Waals surface area contributed by atoms with Crippen molar-refractivity contribution in [3.63, 3.8) is 0 Å². The van der Waals surface area contributed by atoms with Crippen LogP contribution < -0.4 is 5.32 Å². The summed E-state index contributed by atoms with van der Waals surface area (Å²) in [4.78, 5) is 11.9. The first-order valence-corrected chi connectivity index (χ1v) is 7.34. The van der Waals surface area contributed by atoms with E-state index in [9.17, 15) is 18.7 Å². The van der Waals surface area contributed by atoms with Gasteiger partial charge in [-0.1, -0.05) is 30.3 Å². The monoisotopic (exact) mass is 297 g/mol. The number of carbonyl (C=O) groups is 1. The fourth-order valence-electron chi connectivity index (χ4n) is 2.62. The van der Waals surface area contributed by atoms with Gasteiger partial charge in [-0.3, -0.25) is 4.79 Å². The molecule has 1 atom stereocenters. The van der Waals surface area contributed by atoms with Gasteiger partial charge in [0.1, 0.15) is 0 Å². The maximum atomic E-state index is 13.0. The standard InChI is InChI=1S/C16H21F2NO2/c17-16(18)8-6-13(7-9-16)15(21)19-11-14(20)10-12-4-2-1-3-5-12/h1-5,13-14,20H,6-11H2,(H,19,21). The van der Waals surface area contributed by atoms with Gasteiger partial charge in [-0.25, -0.2) is 8.78 Å². The summed E-state index contributed by atoms with van der Waals surface area (Å²) >= 11 is 0. The Labute approximate surface area is 123 Å². The average Bonchev–Trinajstić information content (AvgIpc) is 2.46. The Bertz CT molecular complexity index is 455. The minimum atomic E-state index is -2.62. The Morgan fingerprint density at radius 1 is 1.29 bits per heavy atom. The molecule has 2 N–H and O–H groups in total. The van der Waals surface area contributed by atoms with Crippen molar-refractivity contribution in [1.29, 1.82) is 0 Å². The summed E-state index contributed by atoms with van der Waals surface area (Å²) < 4.78 is 26.1. The number of aliphatic hydroxyl groups excluding tert-OH is 1. The van der Waals surface area contributed by atoms with Crippen molar-refractivity contribution >= 4 is 5.91 Å². The number of hydrogen-bond donors (Lipinski definition) is 2. The lowest BCUT2D eigenvalue weighted by molar-refractivity contribution is -0.129. The minimum Gasteiger partial charge on any atom is -0.391 e. The summed E-state index contributed by atoms with van der Waals surface area (Å²) in [6, 6.07) is 9.50. The number of benzene rings is 1. The van der Waals surface area contributed by atoms with Crippen LogP contribution >= 0.6 is 0 Å². The lowest BCUT2D eigenvalue weighted by Gasteiger charge is -2.27. The van der Waals surface area contributed by atoms with Gasteiger partial charge >= 0.3 is 0 Å². The summed E-state index contributed by atoms with van der Waals surface area (Å²) in [6.45, 7) is 0.153. The normalized spacial score (nSPS) is 20.0. The number of hydrogen-bond acceptors (Lipinski definition) is 2. The van der Waals surface area contributed by atoms with Gasteiger partial charge < -0.3 is 10.4 Å². The molecule has 0 aromatic heterocycles. The van der Waals surface area contributed by atoms with E-state index in [0.29, 0.717) is 6.42 Å². The molecule has 0 radical (unpaired) electrons. The van der Waals surface area contributed by atoms with Gasteiger partial charge in [-0.2, -0.15) is 0 Å². The molecule has 21 heavy (non-hydrogen) atoms. The number of aliphatic hydroxyl groups is 1. The highest BCUT2D eigenvalue weighted by Gasteiger charge is 2.37. The fourth-order valence-corrected chi connectivity index (χ4v) is 2.62. The third kappa shape index (κ3) is 5.08. The van der Waals surface area contributed by atoms with Gasteiger partial charge in [-0.15, -0.1) is 0 Å². The smallest absolute Gasteiger partial charge is 0.248 e. The molecule has 1 aromatic rings. The van der Waals surface area contributed by atoms with E-state index >= 15 is 0 Å². The largest absolute Gasteiger partial charge is 0.391 e. The first-order chi connectivity index (χ1) is 9.96. The second kappa shape index (κ2) is 6.98. The summed E-state index contributed by atoms with van der Waals surface area (Å²) in [7, 11) is 0. The van der Waals surface area contributed by atoms with Gasteiger partial charge in [0.15, 0.2) is 0 Å². The van der Waals surface area contributed by atoms with Crippen LogP contribution in [0, 0.1) is 5.92 Å². The third-order valence-corrected chi connectivity index (χ3v) is 3.91. The van der Waals surface area contributed by atoms with E-state index in [1.807, 2.05) is 30.3 Å². The van der Waals surface area contributed by atoms with Crippen LogP contribution in [0.4, 0.5) is 8.78 Å². The molecule has 1 fully saturated rings. The Balaban J connectivity index is 1.71. The highest BCUT2D eigenvalue weighted by Crippen LogP contribution is 2.36. The highest BCUT2D eigenvalue weighted by atomic mass is 19.3. The van der Waals surface area contributed by atoms with Crippen molar-refractivity contribution < 1.29 is 18.7 Å². The van der Waals surface area contributed by atoms with E-state index < -0.39 is 12.0 Å². The van der Waals surface area contributed by atoms with Crippen LogP contribution in [-0.2, 0) is 11.2 Å². The molecule has 0 bridgehead atoms. The summed E-state index contributed by atoms with van der Waals surface area (Å²) in [5.74, 6) is -3.20. The molecule has 1 aromatic carbocycles. The summed E-state index contributed by atoms with van der Waals surface area (Å²) in [5.41, 5.74) is 0.997. The molecule has 1 unspecified atom stereocenters. The van der Waals surface area contributed by atoms with Crippen LogP contribution in [0.3, 0.4) is 0 Å². The van der Waals surface area contributed by atoms with Crippen LogP contribution in [0.2, 0.25) is 0 Å². The van der Waals surface area contributed by atoms with Crippen LogP contribution in [0.5, 0.6) is 0 Å². The number of halogens is 2. The molecule has 116 valence electrons. The zero-order valence-corrected chi connectivity index (χ0v) is 11.9. The van der Waals surface area contributed by atoms with E-state index in [2.05, 4.69) is 5.32 Å². The average molecular weight is 297 g/mol. The number of carbonyl (C=O) groups excluding carboxylic acids is 1. The van der Waals surface area contributed by atoms with Crippen molar-refractivity contribution in [2.24, 2.45) is 5.92 Å². The first kappa shape index (κ1) is 15.9. The molecular formula is C16H21F2NO2. The predicted octanol–water partition coefficient (Wildman–Crippen LogP) is 2.53. The zero-order valence-electron chi connectivity index (χ0n) is 11.9. The number of amides is 1. The second-order valence-electron chi connectivity index (χ2n) is 5.72. The van der Waals surface area contributed by atoms with E-state index in [1.165, 1.54) is 0 Å². The maximum absolute atomic E-state index is 13.0. The molecule has 0 saturated heterocycles. The molecule has 2 rings (SSSR count).